The monoisotopic (exact) mass is 803 g/mol. The third kappa shape index (κ3) is 7.85. The van der Waals surface area contributed by atoms with E-state index < -0.39 is 41.6 Å². The van der Waals surface area contributed by atoms with E-state index in [1.807, 2.05) is 21.8 Å². The molecular weight excluding hydrogens is 764 g/mol. The highest BCUT2D eigenvalue weighted by Crippen LogP contribution is 2.37. The van der Waals surface area contributed by atoms with Gasteiger partial charge in [-0.1, -0.05) is 41.8 Å². The molecule has 2 aromatic carbocycles. The van der Waals surface area contributed by atoms with Crippen LogP contribution in [0.15, 0.2) is 55.0 Å². The molecule has 16 heteroatoms. The van der Waals surface area contributed by atoms with Crippen molar-refractivity contribution in [3.8, 4) is 16.9 Å². The number of anilines is 1. The molecule has 3 N–H and O–H groups in total. The van der Waals surface area contributed by atoms with Crippen LogP contribution >= 0.6 is 23.2 Å². The Kier molecular flexibility index (Phi) is 11.4. The van der Waals surface area contributed by atoms with Crippen molar-refractivity contribution in [2.75, 3.05) is 18.8 Å². The van der Waals surface area contributed by atoms with Crippen molar-refractivity contribution in [1.29, 1.82) is 0 Å². The van der Waals surface area contributed by atoms with Gasteiger partial charge in [0, 0.05) is 60.0 Å². The van der Waals surface area contributed by atoms with Gasteiger partial charge in [0.1, 0.15) is 18.0 Å². The minimum absolute atomic E-state index is 0.0654. The van der Waals surface area contributed by atoms with Crippen molar-refractivity contribution < 1.29 is 33.1 Å². The Morgan fingerprint density at radius 3 is 2.57 bits per heavy atom. The zero-order valence-corrected chi connectivity index (χ0v) is 32.1. The Bertz CT molecular complexity index is 2220. The molecule has 2 aromatic heterocycles. The van der Waals surface area contributed by atoms with Crippen LogP contribution in [0, 0.1) is 5.82 Å². The summed E-state index contributed by atoms with van der Waals surface area (Å²) in [6, 6.07) is 8.60. The van der Waals surface area contributed by atoms with Crippen LogP contribution in [-0.4, -0.2) is 73.2 Å². The largest absolute Gasteiger partial charge is 0.482 e. The summed E-state index contributed by atoms with van der Waals surface area (Å²) in [5.74, 6) is -2.14. The molecule has 2 fully saturated rings. The molecule has 2 atom stereocenters. The predicted octanol–water partition coefficient (Wildman–Crippen LogP) is 6.48. The van der Waals surface area contributed by atoms with Crippen LogP contribution in [0.4, 0.5) is 10.2 Å². The number of unbranched alkanes of at least 4 members (excludes halogenated alkanes) is 2. The lowest BCUT2D eigenvalue weighted by Gasteiger charge is -2.32. The quantitative estimate of drug-likeness (QED) is 0.0925. The molecule has 0 spiro atoms. The molecule has 2 saturated heterocycles. The molecule has 5 amide bonds. The Morgan fingerprint density at radius 1 is 1.02 bits per heavy atom. The summed E-state index contributed by atoms with van der Waals surface area (Å²) in [5.41, 5.74) is 9.28. The summed E-state index contributed by atoms with van der Waals surface area (Å²) < 4.78 is 22.1. The number of carbonyl (C=O) groups excluding carboxylic acids is 5. The van der Waals surface area contributed by atoms with Crippen LogP contribution in [-0.2, 0) is 20.8 Å². The number of hydrogen-bond donors (Lipinski definition) is 2. The highest BCUT2D eigenvalue weighted by Gasteiger charge is 2.45. The third-order valence-electron chi connectivity index (χ3n) is 10.7. The topological polar surface area (TPSA) is 170 Å². The average Bonchev–Trinajstić information content (AvgIpc) is 3.77. The van der Waals surface area contributed by atoms with Crippen molar-refractivity contribution >= 4 is 58.6 Å². The molecular formula is C40H40Cl2FN7O6. The third-order valence-corrected chi connectivity index (χ3v) is 11.4. The summed E-state index contributed by atoms with van der Waals surface area (Å²) in [6.07, 6.45) is 9.39. The fourth-order valence-corrected chi connectivity index (χ4v) is 8.34. The number of fused-ring (bicyclic) bond motifs is 1. The summed E-state index contributed by atoms with van der Waals surface area (Å²) in [4.78, 5) is 70.8. The maximum atomic E-state index is 14.1. The predicted molar refractivity (Wildman–Crippen MR) is 205 cm³/mol. The number of amides is 5. The normalized spacial score (nSPS) is 18.0. The van der Waals surface area contributed by atoms with Gasteiger partial charge < -0.3 is 15.4 Å². The maximum absolute atomic E-state index is 14.1. The number of ether oxygens (including phenoxy) is 1. The molecule has 0 saturated carbocycles. The van der Waals surface area contributed by atoms with Crippen LogP contribution in [0.2, 0.25) is 10.0 Å². The van der Waals surface area contributed by atoms with E-state index in [0.717, 1.165) is 47.3 Å². The lowest BCUT2D eigenvalue weighted by atomic mass is 9.97. The van der Waals surface area contributed by atoms with Gasteiger partial charge in [-0.25, -0.2) is 9.37 Å². The molecule has 4 aromatic rings. The maximum Gasteiger partial charge on any atom is 0.262 e. The molecule has 1 unspecified atom stereocenters. The number of aromatic nitrogens is 3. The van der Waals surface area contributed by atoms with Crippen molar-refractivity contribution in [3.05, 3.63) is 93.1 Å². The number of likely N-dealkylation sites (tertiary alicyclic amines) is 1. The number of piperidine rings is 2. The molecule has 7 rings (SSSR count). The van der Waals surface area contributed by atoms with Crippen LogP contribution < -0.4 is 15.8 Å². The summed E-state index contributed by atoms with van der Waals surface area (Å²) in [6.45, 7) is 2.92. The summed E-state index contributed by atoms with van der Waals surface area (Å²) in [7, 11) is 0. The Hall–Kier alpha value is -5.34. The number of halogens is 3. The number of aryl methyl sites for hydroxylation is 1. The van der Waals surface area contributed by atoms with Crippen LogP contribution in [0.3, 0.4) is 0 Å². The summed E-state index contributed by atoms with van der Waals surface area (Å²) >= 11 is 12.5. The molecule has 0 bridgehead atoms. The van der Waals surface area contributed by atoms with Crippen LogP contribution in [0.25, 0.3) is 11.1 Å². The minimum atomic E-state index is -1.00. The van der Waals surface area contributed by atoms with Crippen molar-refractivity contribution in [2.24, 2.45) is 0 Å². The first kappa shape index (κ1) is 38.9. The number of carbonyl (C=O) groups is 5. The van der Waals surface area contributed by atoms with E-state index in [2.05, 4.69) is 15.4 Å². The van der Waals surface area contributed by atoms with E-state index in [1.54, 1.807) is 37.5 Å². The standard InChI is InChI=1S/C40H40Cl2FN7O6/c1-22(34-28(41)10-11-29(43)36(34)42)56-31-18-24(19-45-37(31)44)25-20-46-49(21-25)26-14-16-48(17-15-26)33(52)9-4-2-3-6-23-7-5-8-27-35(23)40(55)50(39(27)54)30-12-13-32(51)47-38(30)53/h5,7-8,10-11,18-22,26,30H,2-4,6,9,12-17H2,1H3,(H2,44,45)(H,47,51,53)/t22-,30?/m1/s1. The van der Waals surface area contributed by atoms with Crippen LogP contribution in [0.5, 0.6) is 5.75 Å². The molecule has 5 heterocycles. The van der Waals surface area contributed by atoms with Gasteiger partial charge >= 0.3 is 0 Å². The van der Waals surface area contributed by atoms with Gasteiger partial charge in [-0.3, -0.25) is 38.9 Å². The Morgan fingerprint density at radius 2 is 1.80 bits per heavy atom. The van der Waals surface area contributed by atoms with Crippen LogP contribution in [0.1, 0.15) is 102 Å². The number of hydrogen-bond acceptors (Lipinski definition) is 9. The number of nitrogens with one attached hydrogen (secondary N) is 1. The van der Waals surface area contributed by atoms with E-state index in [-0.39, 0.29) is 46.2 Å². The number of nitrogens with zero attached hydrogens (tertiary/aromatic N) is 5. The second-order valence-corrected chi connectivity index (χ2v) is 15.1. The number of nitrogens with two attached hydrogens (primary N) is 1. The molecule has 3 aliphatic rings. The zero-order chi connectivity index (χ0) is 39.7. The smallest absolute Gasteiger partial charge is 0.262 e. The first-order valence-electron chi connectivity index (χ1n) is 18.6. The van der Waals surface area contributed by atoms with Gasteiger partial charge in [0.2, 0.25) is 17.7 Å². The zero-order valence-electron chi connectivity index (χ0n) is 30.6. The van der Waals surface area contributed by atoms with Gasteiger partial charge in [-0.2, -0.15) is 5.10 Å². The number of benzene rings is 2. The second-order valence-electron chi connectivity index (χ2n) is 14.3. The molecule has 3 aliphatic heterocycles. The average molecular weight is 805 g/mol. The van der Waals surface area contributed by atoms with E-state index in [4.69, 9.17) is 33.7 Å². The van der Waals surface area contributed by atoms with Gasteiger partial charge in [-0.15, -0.1) is 0 Å². The van der Waals surface area contributed by atoms with E-state index >= 15 is 0 Å². The summed E-state index contributed by atoms with van der Waals surface area (Å²) in [5, 5.41) is 6.97. The van der Waals surface area contributed by atoms with Crippen molar-refractivity contribution in [2.45, 2.75) is 82.9 Å². The number of rotatable bonds is 12. The lowest BCUT2D eigenvalue weighted by molar-refractivity contribution is -0.136. The first-order valence-corrected chi connectivity index (χ1v) is 19.4. The second kappa shape index (κ2) is 16.4. The van der Waals surface area contributed by atoms with Gasteiger partial charge in [0.05, 0.1) is 28.4 Å². The fourth-order valence-electron chi connectivity index (χ4n) is 7.66. The molecule has 0 aliphatic carbocycles. The van der Waals surface area contributed by atoms with Crippen molar-refractivity contribution in [1.82, 2.24) is 29.9 Å². The highest BCUT2D eigenvalue weighted by molar-refractivity contribution is 6.36. The van der Waals surface area contributed by atoms with E-state index in [0.29, 0.717) is 49.2 Å². The van der Waals surface area contributed by atoms with E-state index in [9.17, 15) is 28.4 Å². The minimum Gasteiger partial charge on any atom is -0.482 e. The molecule has 56 heavy (non-hydrogen) atoms. The molecule has 0 radical (unpaired) electrons. The first-order chi connectivity index (χ1) is 26.9. The fraction of sp³-hybridized carbons (Fsp3) is 0.375. The highest BCUT2D eigenvalue weighted by atomic mass is 35.5. The van der Waals surface area contributed by atoms with Gasteiger partial charge in [0.15, 0.2) is 11.6 Å². The van der Waals surface area contributed by atoms with Gasteiger partial charge in [0.25, 0.3) is 11.8 Å². The van der Waals surface area contributed by atoms with Crippen molar-refractivity contribution in [3.63, 3.8) is 0 Å². The van der Waals surface area contributed by atoms with E-state index in [1.165, 1.54) is 12.1 Å². The Balaban J connectivity index is 0.874. The molecule has 13 nitrogen and oxygen atoms in total. The van der Waals surface area contributed by atoms with Gasteiger partial charge in [-0.05, 0) is 75.3 Å². The number of nitrogen functional groups attached to an aromatic ring is 1. The number of pyridine rings is 1. The molecule has 292 valence electrons. The SMILES string of the molecule is C[C@@H](Oc1cc(-c2cnn(C3CCN(C(=O)CCCCCc4cccc5c4C(=O)N(C4CCC(=O)NC4=O)C5=O)CC3)c2)cnc1N)c1c(Cl)ccc(F)c1Cl. The lowest BCUT2D eigenvalue weighted by Crippen LogP contribution is -2.54. The number of imide groups is 2. The Labute approximate surface area is 332 Å².